The molecule has 0 spiro atoms. The van der Waals surface area contributed by atoms with Crippen LogP contribution in [0.2, 0.25) is 0 Å². The van der Waals surface area contributed by atoms with Gasteiger partial charge in [0.15, 0.2) is 0 Å². The van der Waals surface area contributed by atoms with Crippen molar-refractivity contribution in [3.63, 3.8) is 0 Å². The molecule has 0 radical (unpaired) electrons. The first-order chi connectivity index (χ1) is 8.85. The summed E-state index contributed by atoms with van der Waals surface area (Å²) in [7, 11) is 1.97. The number of hydrogen-bond donors (Lipinski definition) is 1. The summed E-state index contributed by atoms with van der Waals surface area (Å²) in [6, 6.07) is 5.06. The van der Waals surface area contributed by atoms with Gasteiger partial charge in [-0.05, 0) is 38.4 Å². The first kappa shape index (κ1) is 13.3. The van der Waals surface area contributed by atoms with Crippen molar-refractivity contribution < 1.29 is 0 Å². The normalized spacial score (nSPS) is 16.8. The number of hydrogen-bond acceptors (Lipinski definition) is 3. The molecule has 0 unspecified atom stereocenters. The summed E-state index contributed by atoms with van der Waals surface area (Å²) < 4.78 is 0. The molecule has 1 N–H and O–H groups in total. The molecule has 2 rings (SSSR count). The van der Waals surface area contributed by atoms with Crippen LogP contribution < -0.4 is 10.2 Å². The Kier molecular flexibility index (Phi) is 5.00. The smallest absolute Gasteiger partial charge is 0.128 e. The Labute approximate surface area is 111 Å². The van der Waals surface area contributed by atoms with Crippen LogP contribution in [-0.2, 0) is 6.54 Å². The first-order valence-electron chi connectivity index (χ1n) is 7.21. The quantitative estimate of drug-likeness (QED) is 0.867. The molecule has 0 amide bonds. The molecule has 1 aromatic rings. The van der Waals surface area contributed by atoms with E-state index in [0.717, 1.165) is 18.9 Å². The van der Waals surface area contributed by atoms with Gasteiger partial charge in [-0.25, -0.2) is 4.98 Å². The summed E-state index contributed by atoms with van der Waals surface area (Å²) in [5.74, 6) is 1.14. The van der Waals surface area contributed by atoms with Crippen LogP contribution in [0, 0.1) is 0 Å². The van der Waals surface area contributed by atoms with Crippen LogP contribution in [0.5, 0.6) is 0 Å². The highest BCUT2D eigenvalue weighted by Gasteiger charge is 2.20. The number of rotatable bonds is 5. The van der Waals surface area contributed by atoms with Gasteiger partial charge in [0.25, 0.3) is 0 Å². The molecule has 3 nitrogen and oxygen atoms in total. The van der Waals surface area contributed by atoms with Gasteiger partial charge in [0.2, 0.25) is 0 Å². The van der Waals surface area contributed by atoms with Crippen molar-refractivity contribution >= 4 is 5.82 Å². The Morgan fingerprint density at radius 1 is 1.28 bits per heavy atom. The predicted molar refractivity (Wildman–Crippen MR) is 76.9 cm³/mol. The highest BCUT2D eigenvalue weighted by atomic mass is 15.2. The minimum atomic E-state index is 0.700. The molecular formula is C15H25N3. The Balaban J connectivity index is 2.06. The van der Waals surface area contributed by atoms with Crippen molar-refractivity contribution in [1.82, 2.24) is 10.3 Å². The van der Waals surface area contributed by atoms with E-state index in [-0.39, 0.29) is 0 Å². The summed E-state index contributed by atoms with van der Waals surface area (Å²) in [6.45, 7) is 4.18. The third-order valence-corrected chi connectivity index (χ3v) is 3.84. The molecule has 100 valence electrons. The van der Waals surface area contributed by atoms with Crippen LogP contribution >= 0.6 is 0 Å². The summed E-state index contributed by atoms with van der Waals surface area (Å²) >= 11 is 0. The van der Waals surface area contributed by atoms with Crippen molar-refractivity contribution in [2.24, 2.45) is 0 Å². The lowest BCUT2D eigenvalue weighted by molar-refractivity contribution is 0.416. The lowest BCUT2D eigenvalue weighted by Gasteiger charge is -2.34. The Bertz CT molecular complexity index is 341. The minimum Gasteiger partial charge on any atom is -0.354 e. The largest absolute Gasteiger partial charge is 0.354 e. The zero-order chi connectivity index (χ0) is 12.8. The number of nitrogens with zero attached hydrogens (tertiary/aromatic N) is 2. The van der Waals surface area contributed by atoms with Crippen molar-refractivity contribution in [1.29, 1.82) is 0 Å². The standard InChI is InChI=1S/C15H25N3/c1-3-18(14-7-5-4-6-8-14)15-10-9-13(11-16-2)12-17-15/h9-10,12,14,16H,3-8,11H2,1-2H3. The highest BCUT2D eigenvalue weighted by Crippen LogP contribution is 2.26. The third-order valence-electron chi connectivity index (χ3n) is 3.84. The second kappa shape index (κ2) is 6.74. The molecule has 1 aliphatic rings. The average molecular weight is 247 g/mol. The van der Waals surface area contributed by atoms with E-state index in [1.54, 1.807) is 0 Å². The number of pyridine rings is 1. The summed E-state index contributed by atoms with van der Waals surface area (Å²) in [6.07, 6.45) is 8.81. The Hall–Kier alpha value is -1.09. The summed E-state index contributed by atoms with van der Waals surface area (Å²) in [5.41, 5.74) is 1.25. The van der Waals surface area contributed by atoms with E-state index in [9.17, 15) is 0 Å². The zero-order valence-corrected chi connectivity index (χ0v) is 11.7. The fourth-order valence-corrected chi connectivity index (χ4v) is 2.90. The molecule has 1 saturated carbocycles. The Morgan fingerprint density at radius 2 is 2.06 bits per heavy atom. The van der Waals surface area contributed by atoms with Gasteiger partial charge in [0.05, 0.1) is 0 Å². The molecule has 0 saturated heterocycles. The zero-order valence-electron chi connectivity index (χ0n) is 11.7. The van der Waals surface area contributed by atoms with Gasteiger partial charge in [-0.3, -0.25) is 0 Å². The van der Waals surface area contributed by atoms with Crippen molar-refractivity contribution in [2.75, 3.05) is 18.5 Å². The van der Waals surface area contributed by atoms with Gasteiger partial charge in [-0.15, -0.1) is 0 Å². The van der Waals surface area contributed by atoms with Crippen molar-refractivity contribution in [2.45, 2.75) is 51.6 Å². The summed E-state index contributed by atoms with van der Waals surface area (Å²) in [5, 5.41) is 3.16. The minimum absolute atomic E-state index is 0.700. The molecule has 1 heterocycles. The van der Waals surface area contributed by atoms with Crippen LogP contribution in [0.1, 0.15) is 44.6 Å². The number of anilines is 1. The predicted octanol–water partition coefficient (Wildman–Crippen LogP) is 2.96. The fraction of sp³-hybridized carbons (Fsp3) is 0.667. The van der Waals surface area contributed by atoms with E-state index in [1.165, 1.54) is 37.7 Å². The third kappa shape index (κ3) is 3.22. The Morgan fingerprint density at radius 3 is 2.61 bits per heavy atom. The van der Waals surface area contributed by atoms with Crippen LogP contribution in [-0.4, -0.2) is 24.6 Å². The van der Waals surface area contributed by atoms with Gasteiger partial charge < -0.3 is 10.2 Å². The number of aromatic nitrogens is 1. The fourth-order valence-electron chi connectivity index (χ4n) is 2.90. The lowest BCUT2D eigenvalue weighted by Crippen LogP contribution is -2.37. The van der Waals surface area contributed by atoms with Gasteiger partial charge in [-0.2, -0.15) is 0 Å². The van der Waals surface area contributed by atoms with Gasteiger partial charge >= 0.3 is 0 Å². The molecule has 1 aliphatic carbocycles. The van der Waals surface area contributed by atoms with Crippen LogP contribution in [0.25, 0.3) is 0 Å². The highest BCUT2D eigenvalue weighted by molar-refractivity contribution is 5.40. The van der Waals surface area contributed by atoms with Gasteiger partial charge in [0, 0.05) is 25.3 Å². The van der Waals surface area contributed by atoms with Crippen LogP contribution in [0.15, 0.2) is 18.3 Å². The first-order valence-corrected chi connectivity index (χ1v) is 7.21. The maximum absolute atomic E-state index is 4.63. The van der Waals surface area contributed by atoms with Gasteiger partial charge in [0.1, 0.15) is 5.82 Å². The maximum Gasteiger partial charge on any atom is 0.128 e. The van der Waals surface area contributed by atoms with E-state index in [0.29, 0.717) is 6.04 Å². The van der Waals surface area contributed by atoms with Crippen LogP contribution in [0.3, 0.4) is 0 Å². The second-order valence-electron chi connectivity index (χ2n) is 5.13. The molecule has 0 aromatic carbocycles. The summed E-state index contributed by atoms with van der Waals surface area (Å²) in [4.78, 5) is 7.10. The molecule has 1 fully saturated rings. The number of nitrogens with one attached hydrogen (secondary N) is 1. The maximum atomic E-state index is 4.63. The van der Waals surface area contributed by atoms with Crippen molar-refractivity contribution in [3.8, 4) is 0 Å². The van der Waals surface area contributed by atoms with E-state index in [4.69, 9.17) is 0 Å². The van der Waals surface area contributed by atoms with Gasteiger partial charge in [-0.1, -0.05) is 25.3 Å². The van der Waals surface area contributed by atoms with E-state index in [1.807, 2.05) is 13.2 Å². The molecule has 1 aromatic heterocycles. The van der Waals surface area contributed by atoms with Crippen LogP contribution in [0.4, 0.5) is 5.82 Å². The molecule has 18 heavy (non-hydrogen) atoms. The van der Waals surface area contributed by atoms with E-state index in [2.05, 4.69) is 34.3 Å². The monoisotopic (exact) mass is 247 g/mol. The SMILES string of the molecule is CCN(c1ccc(CNC)cn1)C1CCCCC1. The molecule has 3 heteroatoms. The lowest BCUT2D eigenvalue weighted by atomic mass is 9.94. The molecule has 0 bridgehead atoms. The molecule has 0 atom stereocenters. The van der Waals surface area contributed by atoms with E-state index < -0.39 is 0 Å². The average Bonchev–Trinajstić information content (AvgIpc) is 2.43. The van der Waals surface area contributed by atoms with Crippen molar-refractivity contribution in [3.05, 3.63) is 23.9 Å². The topological polar surface area (TPSA) is 28.2 Å². The van der Waals surface area contributed by atoms with E-state index >= 15 is 0 Å². The second-order valence-corrected chi connectivity index (χ2v) is 5.13. The molecular weight excluding hydrogens is 222 g/mol. The molecule has 0 aliphatic heterocycles.